The summed E-state index contributed by atoms with van der Waals surface area (Å²) in [6, 6.07) is 12.1. The van der Waals surface area contributed by atoms with Gasteiger partial charge in [-0.25, -0.2) is 0 Å². The standard InChI is InChI=1S/C31H30O7/c1-16-13-20-14-30(3)15-21-18(9-11-22(33)19-7-5-4-6-8-19)10-12-23(34)25(21)27(35)26(30)29(37)31(20,38)28(36)24(16)17(2)32/h4-8,10,12,20,34-35,38H,9,11,13-15H2,1-3H3/t20-,30-,31-/m1/s1. The molecule has 3 N–H and O–H groups in total. The highest BCUT2D eigenvalue weighted by atomic mass is 16.3. The lowest BCUT2D eigenvalue weighted by molar-refractivity contribution is -0.159. The van der Waals surface area contributed by atoms with Crippen molar-refractivity contribution < 1.29 is 34.5 Å². The normalized spacial score (nSPS) is 26.6. The minimum absolute atomic E-state index is 0.0305. The Morgan fingerprint density at radius 3 is 2.37 bits per heavy atom. The SMILES string of the molecule is CC(=O)C1=C(C)C[C@@H]2C[C@]3(C)Cc4c(CCC(=O)c5ccccc5)ccc(O)c4C(O)=C3C(=O)[C@]2(O)C1=O. The van der Waals surface area contributed by atoms with Gasteiger partial charge in [-0.15, -0.1) is 0 Å². The molecule has 3 aliphatic rings. The Balaban J connectivity index is 1.57. The number of Topliss-reactive ketones (excluding diaryl/α,β-unsaturated/α-hetero) is 4. The molecule has 1 saturated carbocycles. The Hall–Kier alpha value is -3.84. The Morgan fingerprint density at radius 1 is 1.03 bits per heavy atom. The van der Waals surface area contributed by atoms with Crippen molar-refractivity contribution in [3.05, 3.63) is 81.4 Å². The summed E-state index contributed by atoms with van der Waals surface area (Å²) in [5.74, 6) is -3.84. The van der Waals surface area contributed by atoms with Crippen LogP contribution >= 0.6 is 0 Å². The predicted molar refractivity (Wildman–Crippen MR) is 140 cm³/mol. The third kappa shape index (κ3) is 3.68. The average Bonchev–Trinajstić information content (AvgIpc) is 2.85. The van der Waals surface area contributed by atoms with Gasteiger partial charge in [-0.3, -0.25) is 19.2 Å². The number of hydrogen-bond acceptors (Lipinski definition) is 7. The molecule has 1 fully saturated rings. The van der Waals surface area contributed by atoms with Crippen molar-refractivity contribution in [2.75, 3.05) is 0 Å². The summed E-state index contributed by atoms with van der Waals surface area (Å²) in [5, 5.41) is 33.6. The molecule has 2 aromatic rings. The van der Waals surface area contributed by atoms with E-state index >= 15 is 0 Å². The van der Waals surface area contributed by atoms with E-state index in [2.05, 4.69) is 0 Å². The van der Waals surface area contributed by atoms with E-state index in [1.807, 2.05) is 13.0 Å². The highest BCUT2D eigenvalue weighted by molar-refractivity contribution is 6.33. The number of phenolic OH excluding ortho intramolecular Hbond substituents is 1. The number of benzene rings is 2. The van der Waals surface area contributed by atoms with E-state index in [-0.39, 0.29) is 53.9 Å². The number of phenols is 1. The molecule has 7 nitrogen and oxygen atoms in total. The average molecular weight is 515 g/mol. The van der Waals surface area contributed by atoms with Crippen LogP contribution in [0.1, 0.15) is 67.1 Å². The van der Waals surface area contributed by atoms with E-state index in [1.54, 1.807) is 37.3 Å². The summed E-state index contributed by atoms with van der Waals surface area (Å²) in [6.07, 6.45) is 1.31. The Morgan fingerprint density at radius 2 is 1.71 bits per heavy atom. The van der Waals surface area contributed by atoms with Crippen LogP contribution in [-0.2, 0) is 27.2 Å². The number of aliphatic hydroxyl groups is 2. The van der Waals surface area contributed by atoms with E-state index in [9.17, 15) is 34.5 Å². The summed E-state index contributed by atoms with van der Waals surface area (Å²) in [6.45, 7) is 4.71. The largest absolute Gasteiger partial charge is 0.507 e. The lowest BCUT2D eigenvalue weighted by Gasteiger charge is -2.51. The number of allylic oxidation sites excluding steroid dienone is 1. The van der Waals surface area contributed by atoms with Gasteiger partial charge in [-0.2, -0.15) is 0 Å². The molecule has 0 spiro atoms. The van der Waals surface area contributed by atoms with E-state index in [4.69, 9.17) is 0 Å². The number of carbonyl (C=O) groups excluding carboxylic acids is 4. The van der Waals surface area contributed by atoms with Crippen LogP contribution in [0.15, 0.2) is 59.2 Å². The van der Waals surface area contributed by atoms with E-state index in [0.29, 0.717) is 23.1 Å². The Labute approximate surface area is 220 Å². The van der Waals surface area contributed by atoms with Crippen molar-refractivity contribution in [1.29, 1.82) is 0 Å². The fourth-order valence-electron chi connectivity index (χ4n) is 6.73. The molecule has 5 rings (SSSR count). The zero-order valence-electron chi connectivity index (χ0n) is 21.6. The van der Waals surface area contributed by atoms with Crippen molar-refractivity contribution in [3.63, 3.8) is 0 Å². The first kappa shape index (κ1) is 25.8. The second kappa shape index (κ2) is 8.88. The van der Waals surface area contributed by atoms with E-state index in [0.717, 1.165) is 5.56 Å². The minimum Gasteiger partial charge on any atom is -0.507 e. The zero-order chi connectivity index (χ0) is 27.6. The van der Waals surface area contributed by atoms with Gasteiger partial charge in [-0.1, -0.05) is 48.9 Å². The smallest absolute Gasteiger partial charge is 0.206 e. The molecule has 3 aliphatic carbocycles. The molecule has 38 heavy (non-hydrogen) atoms. The molecule has 0 amide bonds. The van der Waals surface area contributed by atoms with Gasteiger partial charge >= 0.3 is 0 Å². The van der Waals surface area contributed by atoms with Crippen LogP contribution in [-0.4, -0.2) is 44.1 Å². The molecule has 196 valence electrons. The third-order valence-electron chi connectivity index (χ3n) is 8.51. The molecular formula is C31H30O7. The van der Waals surface area contributed by atoms with E-state index < -0.39 is 40.0 Å². The van der Waals surface area contributed by atoms with Crippen LogP contribution < -0.4 is 0 Å². The van der Waals surface area contributed by atoms with Crippen molar-refractivity contribution in [3.8, 4) is 5.75 Å². The van der Waals surface area contributed by atoms with E-state index in [1.165, 1.54) is 13.0 Å². The van der Waals surface area contributed by atoms with Gasteiger partial charge in [0.05, 0.1) is 11.1 Å². The lowest BCUT2D eigenvalue weighted by atomic mass is 9.52. The molecule has 3 atom stereocenters. The van der Waals surface area contributed by atoms with Crippen LogP contribution in [0.4, 0.5) is 0 Å². The van der Waals surface area contributed by atoms with Gasteiger partial charge in [0.1, 0.15) is 11.5 Å². The number of fused-ring (bicyclic) bond motifs is 3. The lowest BCUT2D eigenvalue weighted by Crippen LogP contribution is -2.62. The summed E-state index contributed by atoms with van der Waals surface area (Å²) in [4.78, 5) is 52.1. The number of carbonyl (C=O) groups is 4. The van der Waals surface area contributed by atoms with Crippen molar-refractivity contribution in [1.82, 2.24) is 0 Å². The maximum absolute atomic E-state index is 13.8. The molecule has 0 unspecified atom stereocenters. The summed E-state index contributed by atoms with van der Waals surface area (Å²) < 4.78 is 0. The second-order valence-electron chi connectivity index (χ2n) is 11.1. The first-order valence-corrected chi connectivity index (χ1v) is 12.8. The van der Waals surface area contributed by atoms with Crippen LogP contribution in [0.25, 0.3) is 5.76 Å². The first-order valence-electron chi connectivity index (χ1n) is 12.8. The van der Waals surface area contributed by atoms with Gasteiger partial charge in [-0.05, 0) is 56.7 Å². The van der Waals surface area contributed by atoms with Crippen molar-refractivity contribution in [2.45, 2.75) is 58.5 Å². The number of ketones is 4. The highest BCUT2D eigenvalue weighted by Crippen LogP contribution is 2.57. The second-order valence-corrected chi connectivity index (χ2v) is 11.1. The van der Waals surface area contributed by atoms with Crippen molar-refractivity contribution in [2.24, 2.45) is 11.3 Å². The van der Waals surface area contributed by atoms with Gasteiger partial charge in [0.2, 0.25) is 11.6 Å². The maximum atomic E-state index is 13.8. The van der Waals surface area contributed by atoms with Gasteiger partial charge < -0.3 is 15.3 Å². The molecule has 0 bridgehead atoms. The highest BCUT2D eigenvalue weighted by Gasteiger charge is 2.63. The van der Waals surface area contributed by atoms with Gasteiger partial charge in [0.15, 0.2) is 17.2 Å². The van der Waals surface area contributed by atoms with Crippen LogP contribution in [0.5, 0.6) is 5.75 Å². The number of aromatic hydroxyl groups is 1. The molecule has 0 aliphatic heterocycles. The fourth-order valence-corrected chi connectivity index (χ4v) is 6.73. The third-order valence-corrected chi connectivity index (χ3v) is 8.51. The number of aliphatic hydroxyl groups excluding tert-OH is 1. The minimum atomic E-state index is -2.45. The van der Waals surface area contributed by atoms with Crippen LogP contribution in [0, 0.1) is 11.3 Å². The predicted octanol–water partition coefficient (Wildman–Crippen LogP) is 4.24. The van der Waals surface area contributed by atoms with Crippen LogP contribution in [0.2, 0.25) is 0 Å². The van der Waals surface area contributed by atoms with Crippen molar-refractivity contribution >= 4 is 28.9 Å². The Kier molecular flexibility index (Phi) is 6.03. The number of aryl methyl sites for hydroxylation is 1. The first-order chi connectivity index (χ1) is 17.9. The summed E-state index contributed by atoms with van der Waals surface area (Å²) in [5.41, 5.74) is -0.995. The monoisotopic (exact) mass is 514 g/mol. The topological polar surface area (TPSA) is 129 Å². The summed E-state index contributed by atoms with van der Waals surface area (Å²) in [7, 11) is 0. The number of rotatable bonds is 5. The molecule has 0 heterocycles. The van der Waals surface area contributed by atoms with Gasteiger partial charge in [0.25, 0.3) is 0 Å². The van der Waals surface area contributed by atoms with Gasteiger partial charge in [0, 0.05) is 28.9 Å². The number of hydrogen-bond donors (Lipinski definition) is 3. The van der Waals surface area contributed by atoms with Crippen LogP contribution in [0.3, 0.4) is 0 Å². The Bertz CT molecular complexity index is 1480. The quantitative estimate of drug-likeness (QED) is 0.309. The molecule has 0 radical (unpaired) electrons. The molecule has 2 aromatic carbocycles. The maximum Gasteiger partial charge on any atom is 0.206 e. The zero-order valence-corrected chi connectivity index (χ0v) is 21.6. The fraction of sp³-hybridized carbons (Fsp3) is 0.355. The molecular weight excluding hydrogens is 484 g/mol. The molecule has 7 heteroatoms. The molecule has 0 aromatic heterocycles. The summed E-state index contributed by atoms with van der Waals surface area (Å²) >= 11 is 0. The molecule has 0 saturated heterocycles.